The van der Waals surface area contributed by atoms with Gasteiger partial charge in [0.1, 0.15) is 6.04 Å². The van der Waals surface area contributed by atoms with Crippen LogP contribution >= 0.6 is 58.2 Å². The monoisotopic (exact) mass is 582 g/mol. The number of rotatable bonds is 11. The maximum atomic E-state index is 13.6. The zero-order chi connectivity index (χ0) is 26.1. The van der Waals surface area contributed by atoms with Crippen molar-refractivity contribution in [3.8, 4) is 0 Å². The molecular formula is C27H26Cl4N2O2S. The van der Waals surface area contributed by atoms with E-state index in [0.717, 1.165) is 16.7 Å². The molecule has 190 valence electrons. The Hall–Kier alpha value is -1.89. The molecule has 36 heavy (non-hydrogen) atoms. The maximum Gasteiger partial charge on any atom is 0.243 e. The van der Waals surface area contributed by atoms with Gasteiger partial charge in [-0.25, -0.2) is 0 Å². The minimum Gasteiger partial charge on any atom is -0.355 e. The van der Waals surface area contributed by atoms with Gasteiger partial charge in [-0.3, -0.25) is 9.59 Å². The van der Waals surface area contributed by atoms with Crippen molar-refractivity contribution in [1.82, 2.24) is 10.2 Å². The van der Waals surface area contributed by atoms with Gasteiger partial charge in [-0.15, -0.1) is 11.8 Å². The Morgan fingerprint density at radius 3 is 2.31 bits per heavy atom. The number of nitrogens with one attached hydrogen (secondary N) is 1. The normalized spacial score (nSPS) is 11.7. The molecule has 0 saturated carbocycles. The molecule has 0 aromatic heterocycles. The highest BCUT2D eigenvalue weighted by atomic mass is 35.5. The summed E-state index contributed by atoms with van der Waals surface area (Å²) in [5, 5.41) is 4.82. The summed E-state index contributed by atoms with van der Waals surface area (Å²) in [5.74, 6) is 0.335. The van der Waals surface area contributed by atoms with E-state index in [9.17, 15) is 9.59 Å². The third kappa shape index (κ3) is 8.32. The molecule has 0 fully saturated rings. The van der Waals surface area contributed by atoms with Gasteiger partial charge < -0.3 is 10.2 Å². The van der Waals surface area contributed by atoms with Crippen LogP contribution in [-0.2, 0) is 28.3 Å². The Bertz CT molecular complexity index is 1190. The smallest absolute Gasteiger partial charge is 0.243 e. The fraction of sp³-hybridized carbons (Fsp3) is 0.259. The molecule has 0 bridgehead atoms. The Morgan fingerprint density at radius 1 is 0.889 bits per heavy atom. The minimum atomic E-state index is -0.700. The lowest BCUT2D eigenvalue weighted by atomic mass is 10.0. The molecule has 1 N–H and O–H groups in total. The standard InChI is InChI=1S/C27H26Cl4N2O2S/c1-2-32-27(35)25(13-18-6-4-3-5-7-18)33(15-19-8-11-22(29)24(31)12-19)26(34)17-36-16-20-9-10-21(28)14-23(20)30/h3-12,14,25H,2,13,15-17H2,1H3,(H,32,35)/t25-/m1/s1. The number of thioether (sulfide) groups is 1. The summed E-state index contributed by atoms with van der Waals surface area (Å²) in [4.78, 5) is 28.4. The average Bonchev–Trinajstić information content (AvgIpc) is 2.85. The molecule has 4 nitrogen and oxygen atoms in total. The van der Waals surface area contributed by atoms with Crippen molar-refractivity contribution in [3.63, 3.8) is 0 Å². The number of halogens is 4. The largest absolute Gasteiger partial charge is 0.355 e. The summed E-state index contributed by atoms with van der Waals surface area (Å²) >= 11 is 26.0. The predicted molar refractivity (Wildman–Crippen MR) is 152 cm³/mol. The lowest BCUT2D eigenvalue weighted by Gasteiger charge is -2.31. The highest BCUT2D eigenvalue weighted by Gasteiger charge is 2.30. The Labute approximate surface area is 236 Å². The van der Waals surface area contributed by atoms with Crippen LogP contribution in [0.25, 0.3) is 0 Å². The molecule has 3 rings (SSSR count). The molecule has 0 heterocycles. The van der Waals surface area contributed by atoms with E-state index < -0.39 is 6.04 Å². The lowest BCUT2D eigenvalue weighted by molar-refractivity contribution is -0.139. The van der Waals surface area contributed by atoms with Gasteiger partial charge in [0, 0.05) is 35.3 Å². The highest BCUT2D eigenvalue weighted by Crippen LogP contribution is 2.27. The van der Waals surface area contributed by atoms with Crippen LogP contribution in [0, 0.1) is 0 Å². The third-order valence-electron chi connectivity index (χ3n) is 5.46. The summed E-state index contributed by atoms with van der Waals surface area (Å²) in [6, 6.07) is 19.5. The van der Waals surface area contributed by atoms with Crippen LogP contribution in [0.5, 0.6) is 0 Å². The van der Waals surface area contributed by atoms with E-state index in [1.54, 1.807) is 29.2 Å². The van der Waals surface area contributed by atoms with Crippen molar-refractivity contribution in [2.75, 3.05) is 12.3 Å². The van der Waals surface area contributed by atoms with Crippen molar-refractivity contribution >= 4 is 70.0 Å². The van der Waals surface area contributed by atoms with E-state index in [1.807, 2.05) is 49.4 Å². The number of likely N-dealkylation sites (N-methyl/N-ethyl adjacent to an activating group) is 1. The van der Waals surface area contributed by atoms with Crippen LogP contribution in [0.4, 0.5) is 0 Å². The van der Waals surface area contributed by atoms with Crippen molar-refractivity contribution in [3.05, 3.63) is 104 Å². The number of carbonyl (C=O) groups excluding carboxylic acids is 2. The van der Waals surface area contributed by atoms with Crippen molar-refractivity contribution < 1.29 is 9.59 Å². The van der Waals surface area contributed by atoms with Crippen LogP contribution in [0.1, 0.15) is 23.6 Å². The first-order valence-corrected chi connectivity index (χ1v) is 14.0. The van der Waals surface area contributed by atoms with Gasteiger partial charge >= 0.3 is 0 Å². The van der Waals surface area contributed by atoms with Crippen molar-refractivity contribution in [1.29, 1.82) is 0 Å². The summed E-state index contributed by atoms with van der Waals surface area (Å²) in [6.07, 6.45) is 0.382. The summed E-state index contributed by atoms with van der Waals surface area (Å²) in [6.45, 7) is 2.53. The molecule has 3 aromatic carbocycles. The minimum absolute atomic E-state index is 0.164. The second-order valence-corrected chi connectivity index (χ2v) is 10.7. The van der Waals surface area contributed by atoms with Crippen LogP contribution in [0.15, 0.2) is 66.7 Å². The molecule has 3 aromatic rings. The number of hydrogen-bond acceptors (Lipinski definition) is 3. The van der Waals surface area contributed by atoms with Gasteiger partial charge in [0.15, 0.2) is 0 Å². The molecule has 0 radical (unpaired) electrons. The summed E-state index contributed by atoms with van der Waals surface area (Å²) in [5.41, 5.74) is 2.63. The topological polar surface area (TPSA) is 49.4 Å². The SMILES string of the molecule is CCNC(=O)[C@@H](Cc1ccccc1)N(Cc1ccc(Cl)c(Cl)c1)C(=O)CSCc1ccc(Cl)cc1Cl. The number of hydrogen-bond donors (Lipinski definition) is 1. The first-order valence-electron chi connectivity index (χ1n) is 11.3. The fourth-order valence-electron chi connectivity index (χ4n) is 3.65. The predicted octanol–water partition coefficient (Wildman–Crippen LogP) is 7.31. The molecule has 0 spiro atoms. The van der Waals surface area contributed by atoms with Crippen LogP contribution in [0.2, 0.25) is 20.1 Å². The fourth-order valence-corrected chi connectivity index (χ4v) is 5.44. The average molecular weight is 584 g/mol. The quantitative estimate of drug-likeness (QED) is 0.257. The van der Waals surface area contributed by atoms with E-state index >= 15 is 0 Å². The summed E-state index contributed by atoms with van der Waals surface area (Å²) < 4.78 is 0. The van der Waals surface area contributed by atoms with Crippen molar-refractivity contribution in [2.45, 2.75) is 31.7 Å². The molecular weight excluding hydrogens is 558 g/mol. The second-order valence-electron chi connectivity index (χ2n) is 8.10. The van der Waals surface area contributed by atoms with E-state index in [2.05, 4.69) is 5.32 Å². The Balaban J connectivity index is 1.85. The van der Waals surface area contributed by atoms with Gasteiger partial charge in [-0.2, -0.15) is 0 Å². The van der Waals surface area contributed by atoms with Crippen LogP contribution in [-0.4, -0.2) is 35.1 Å². The number of carbonyl (C=O) groups is 2. The molecule has 2 amide bonds. The Kier molecular flexibility index (Phi) is 11.3. The molecule has 0 aliphatic rings. The Morgan fingerprint density at radius 2 is 1.64 bits per heavy atom. The molecule has 9 heteroatoms. The lowest BCUT2D eigenvalue weighted by Crippen LogP contribution is -2.51. The van der Waals surface area contributed by atoms with Gasteiger partial charge in [0.25, 0.3) is 0 Å². The summed E-state index contributed by atoms with van der Waals surface area (Å²) in [7, 11) is 0. The number of amides is 2. The van der Waals surface area contributed by atoms with Crippen LogP contribution < -0.4 is 5.32 Å². The van der Waals surface area contributed by atoms with Crippen molar-refractivity contribution in [2.24, 2.45) is 0 Å². The molecule has 1 atom stereocenters. The molecule has 0 saturated heterocycles. The number of benzene rings is 3. The molecule has 0 unspecified atom stereocenters. The van der Waals surface area contributed by atoms with Gasteiger partial charge in [-0.1, -0.05) is 88.9 Å². The number of nitrogens with zero attached hydrogens (tertiary/aromatic N) is 1. The second kappa shape index (κ2) is 14.2. The van der Waals surface area contributed by atoms with E-state index in [0.29, 0.717) is 38.8 Å². The zero-order valence-electron chi connectivity index (χ0n) is 19.6. The van der Waals surface area contributed by atoms with Gasteiger partial charge in [0.2, 0.25) is 11.8 Å². The van der Waals surface area contributed by atoms with Gasteiger partial charge in [-0.05, 0) is 47.9 Å². The van der Waals surface area contributed by atoms with E-state index in [1.165, 1.54) is 11.8 Å². The molecule has 0 aliphatic heterocycles. The highest BCUT2D eigenvalue weighted by molar-refractivity contribution is 7.99. The van der Waals surface area contributed by atoms with Crippen LogP contribution in [0.3, 0.4) is 0 Å². The first kappa shape index (κ1) is 28.7. The third-order valence-corrected chi connectivity index (χ3v) is 7.75. The zero-order valence-corrected chi connectivity index (χ0v) is 23.5. The first-order chi connectivity index (χ1) is 17.3. The van der Waals surface area contributed by atoms with E-state index in [4.69, 9.17) is 46.4 Å². The molecule has 0 aliphatic carbocycles. The van der Waals surface area contributed by atoms with Gasteiger partial charge in [0.05, 0.1) is 15.8 Å². The maximum absolute atomic E-state index is 13.6. The van der Waals surface area contributed by atoms with E-state index in [-0.39, 0.29) is 24.1 Å².